The first kappa shape index (κ1) is 45.7. The lowest BCUT2D eigenvalue weighted by Gasteiger charge is -2.39. The molecule has 3 heterocycles. The minimum absolute atomic E-state index is 0.0310. The highest BCUT2D eigenvalue weighted by Gasteiger charge is 2.51. The van der Waals surface area contributed by atoms with Gasteiger partial charge in [-0.2, -0.15) is 0 Å². The molecule has 0 amide bonds. The summed E-state index contributed by atoms with van der Waals surface area (Å²) < 4.78 is 40.4. The first-order valence-electron chi connectivity index (χ1n) is 21.5. The van der Waals surface area contributed by atoms with Crippen LogP contribution in [0.2, 0.25) is 18.1 Å². The first-order chi connectivity index (χ1) is 28.9. The second-order valence-electron chi connectivity index (χ2n) is 16.5. The predicted molar refractivity (Wildman–Crippen MR) is 245 cm³/mol. The van der Waals surface area contributed by atoms with Crippen molar-refractivity contribution < 1.29 is 23.2 Å². The van der Waals surface area contributed by atoms with Crippen LogP contribution >= 0.6 is 8.45 Å². The molecule has 1 saturated heterocycles. The Morgan fingerprint density at radius 2 is 1.33 bits per heavy atom. The van der Waals surface area contributed by atoms with Crippen molar-refractivity contribution in [1.82, 2.24) is 28.9 Å². The number of nitrogens with zero attached hydrogens (tertiary/aromatic N) is 6. The Labute approximate surface area is 360 Å². The number of nitrogens with one attached hydrogen (secondary N) is 1. The molecular formula is C46H66N7O5PSi. The van der Waals surface area contributed by atoms with E-state index in [-0.39, 0.29) is 5.04 Å². The number of ether oxygens (including phenoxy) is 3. The lowest BCUT2D eigenvalue weighted by Crippen LogP contribution is -2.45. The highest BCUT2D eigenvalue weighted by molar-refractivity contribution is 7.47. The molecule has 1 N–H and O–H groups in total. The minimum Gasteiger partial charge on any atom is -0.497 e. The third-order valence-corrected chi connectivity index (χ3v) is 19.1. The van der Waals surface area contributed by atoms with E-state index in [1.165, 1.54) is 0 Å². The molecule has 1 aliphatic heterocycles. The number of methoxy groups -OCH3 is 1. The fourth-order valence-corrected chi connectivity index (χ4v) is 10.7. The van der Waals surface area contributed by atoms with Crippen LogP contribution < -0.4 is 10.1 Å². The maximum absolute atomic E-state index is 7.39. The second kappa shape index (κ2) is 19.9. The van der Waals surface area contributed by atoms with Crippen LogP contribution in [0.15, 0.2) is 97.6 Å². The molecule has 0 radical (unpaired) electrons. The Kier molecular flexibility index (Phi) is 15.2. The van der Waals surface area contributed by atoms with E-state index >= 15 is 0 Å². The molecule has 1 aliphatic rings. The monoisotopic (exact) mass is 855 g/mol. The van der Waals surface area contributed by atoms with Crippen LogP contribution in [-0.4, -0.2) is 102 Å². The van der Waals surface area contributed by atoms with E-state index in [9.17, 15) is 0 Å². The predicted octanol–water partition coefficient (Wildman–Crippen LogP) is 9.86. The van der Waals surface area contributed by atoms with Gasteiger partial charge in [-0.3, -0.25) is 4.57 Å². The van der Waals surface area contributed by atoms with Crippen LogP contribution in [-0.2, 0) is 24.0 Å². The van der Waals surface area contributed by atoms with Gasteiger partial charge in [-0.15, -0.1) is 0 Å². The van der Waals surface area contributed by atoms with E-state index in [0.717, 1.165) is 48.6 Å². The normalized spacial score (nSPS) is 18.9. The minimum atomic E-state index is -2.13. The lowest BCUT2D eigenvalue weighted by molar-refractivity contribution is -0.0559. The Bertz CT molecular complexity index is 2030. The molecule has 1 fully saturated rings. The molecule has 14 heteroatoms. The number of benzene rings is 3. The fraction of sp³-hybridized carbons (Fsp3) is 0.500. The van der Waals surface area contributed by atoms with Crippen LogP contribution in [0.3, 0.4) is 0 Å². The number of hydrogen-bond acceptors (Lipinski definition) is 11. The second-order valence-corrected chi connectivity index (χ2v) is 23.2. The quantitative estimate of drug-likeness (QED) is 0.0459. The van der Waals surface area contributed by atoms with Gasteiger partial charge in [0.05, 0.1) is 20.0 Å². The topological polar surface area (TPSA) is 108 Å². The van der Waals surface area contributed by atoms with Crippen molar-refractivity contribution in [2.45, 2.75) is 104 Å². The van der Waals surface area contributed by atoms with Gasteiger partial charge in [0.25, 0.3) is 0 Å². The van der Waals surface area contributed by atoms with Gasteiger partial charge >= 0.3 is 0 Å². The van der Waals surface area contributed by atoms with Crippen molar-refractivity contribution in [2.75, 3.05) is 51.8 Å². The largest absolute Gasteiger partial charge is 0.497 e. The van der Waals surface area contributed by atoms with Crippen molar-refractivity contribution in [1.29, 1.82) is 0 Å². The zero-order valence-electron chi connectivity index (χ0n) is 37.5. The van der Waals surface area contributed by atoms with E-state index in [0.29, 0.717) is 30.2 Å². The van der Waals surface area contributed by atoms with Gasteiger partial charge in [0.1, 0.15) is 35.9 Å². The van der Waals surface area contributed by atoms with Gasteiger partial charge in [-0.25, -0.2) is 24.3 Å². The standard InChI is InChI=1S/C46H66N7O5PSi/c1-12-51(13-2)59(52(14-3)15-4)58-41-40(55-16-5)38(31-56-60(10,11)45(6,7)8)57-44(41)53-33-49-39-42(47-32-48-43(39)53)50-46(34-23-19-17-20-24-34,35-25-21-18-22-26-35)36-27-29-37(54-9)30-28-36/h17-30,32-33,38,40-41,44H,12-16,31H2,1-11H3,(H,47,48,50)/t38-,40?,41?,44-/m1/s1. The maximum Gasteiger partial charge on any atom is 0.192 e. The third-order valence-electron chi connectivity index (χ3n) is 12.1. The Hall–Kier alpha value is -3.78. The van der Waals surface area contributed by atoms with E-state index in [1.807, 2.05) is 42.1 Å². The fourth-order valence-electron chi connectivity index (χ4n) is 7.67. The summed E-state index contributed by atoms with van der Waals surface area (Å²) in [6.45, 7) is 26.4. The number of hydrogen-bond donors (Lipinski definition) is 1. The molecule has 2 aromatic heterocycles. The number of imidazole rings is 1. The van der Waals surface area contributed by atoms with Gasteiger partial charge in [-0.05, 0) is 53.9 Å². The third kappa shape index (κ3) is 9.34. The molecule has 0 saturated carbocycles. The molecule has 2 unspecified atom stereocenters. The molecule has 5 aromatic rings. The van der Waals surface area contributed by atoms with Gasteiger partial charge in [0, 0.05) is 32.8 Å². The highest BCUT2D eigenvalue weighted by atomic mass is 31.2. The summed E-state index contributed by atoms with van der Waals surface area (Å²) in [6.07, 6.45) is 1.49. The van der Waals surface area contributed by atoms with Crippen LogP contribution in [0.1, 0.15) is 78.3 Å². The molecule has 3 aromatic carbocycles. The number of rotatable bonds is 20. The van der Waals surface area contributed by atoms with Crippen molar-refractivity contribution >= 4 is 33.7 Å². The Morgan fingerprint density at radius 1 is 0.767 bits per heavy atom. The molecular weight excluding hydrogens is 790 g/mol. The van der Waals surface area contributed by atoms with Gasteiger partial charge in [-0.1, -0.05) is 121 Å². The summed E-state index contributed by atoms with van der Waals surface area (Å²) >= 11 is 0. The summed E-state index contributed by atoms with van der Waals surface area (Å²) in [4.78, 5) is 14.8. The zero-order chi connectivity index (χ0) is 43.1. The van der Waals surface area contributed by atoms with Gasteiger partial charge in [0.15, 0.2) is 40.0 Å². The SMILES string of the molecule is CCOC1C(OP(N(CC)CC)N(CC)CC)[C@H](n2cnc3c(NC(c4ccccc4)(c4ccccc4)c4ccc(OC)cc4)ncnc32)O[C@@H]1CO[Si](C)(C)C(C)(C)C. The molecule has 12 nitrogen and oxygen atoms in total. The van der Waals surface area contributed by atoms with Gasteiger partial charge in [0.2, 0.25) is 0 Å². The number of fused-ring (bicyclic) bond motifs is 1. The van der Waals surface area contributed by atoms with Crippen molar-refractivity contribution in [3.63, 3.8) is 0 Å². The van der Waals surface area contributed by atoms with Gasteiger partial charge < -0.3 is 28.5 Å². The summed E-state index contributed by atoms with van der Waals surface area (Å²) in [5.74, 6) is 1.35. The van der Waals surface area contributed by atoms with Crippen molar-refractivity contribution in [3.8, 4) is 5.75 Å². The summed E-state index contributed by atoms with van der Waals surface area (Å²) in [5, 5.41) is 3.96. The van der Waals surface area contributed by atoms with Crippen LogP contribution in [0.25, 0.3) is 11.2 Å². The molecule has 0 aliphatic carbocycles. The van der Waals surface area contributed by atoms with Crippen molar-refractivity contribution in [2.24, 2.45) is 0 Å². The first-order valence-corrected chi connectivity index (χ1v) is 25.5. The summed E-state index contributed by atoms with van der Waals surface area (Å²) in [7, 11) is -1.62. The molecule has 0 spiro atoms. The van der Waals surface area contributed by atoms with Crippen LogP contribution in [0, 0.1) is 0 Å². The highest BCUT2D eigenvalue weighted by Crippen LogP contribution is 2.51. The van der Waals surface area contributed by atoms with E-state index < -0.39 is 46.8 Å². The van der Waals surface area contributed by atoms with E-state index in [1.54, 1.807) is 13.4 Å². The average molecular weight is 856 g/mol. The molecule has 60 heavy (non-hydrogen) atoms. The van der Waals surface area contributed by atoms with Crippen LogP contribution in [0.5, 0.6) is 5.75 Å². The lowest BCUT2D eigenvalue weighted by atomic mass is 9.77. The molecule has 0 bridgehead atoms. The van der Waals surface area contributed by atoms with Crippen molar-refractivity contribution in [3.05, 3.63) is 114 Å². The average Bonchev–Trinajstić information content (AvgIpc) is 3.84. The van der Waals surface area contributed by atoms with E-state index in [2.05, 4.69) is 137 Å². The summed E-state index contributed by atoms with van der Waals surface area (Å²) in [6, 6.07) is 29.0. The molecule has 4 atom stereocenters. The Balaban J connectivity index is 1.49. The molecule has 324 valence electrons. The Morgan fingerprint density at radius 3 is 1.85 bits per heavy atom. The number of anilines is 1. The van der Waals surface area contributed by atoms with E-state index in [4.69, 9.17) is 38.1 Å². The molecule has 6 rings (SSSR count). The maximum atomic E-state index is 7.39. The smallest absolute Gasteiger partial charge is 0.192 e. The van der Waals surface area contributed by atoms with Crippen LogP contribution in [0.4, 0.5) is 5.82 Å². The zero-order valence-corrected chi connectivity index (χ0v) is 39.4. The number of aromatic nitrogens is 4. The summed E-state index contributed by atoms with van der Waals surface area (Å²) in [5.41, 5.74) is 3.42.